The topological polar surface area (TPSA) is 37.4 Å². The molecule has 0 bridgehead atoms. The van der Waals surface area contributed by atoms with E-state index >= 15 is 0 Å². The lowest BCUT2D eigenvalue weighted by Gasteiger charge is -2.03. The van der Waals surface area contributed by atoms with Gasteiger partial charge in [0.1, 0.15) is 9.84 Å². The van der Waals surface area contributed by atoms with Crippen LogP contribution < -0.4 is 0 Å². The molecule has 3 nitrogen and oxygen atoms in total. The molecule has 0 amide bonds. The highest BCUT2D eigenvalue weighted by Gasteiger charge is 2.09. The first-order valence-corrected chi connectivity index (χ1v) is 6.30. The normalized spacial score (nSPS) is 12.3. The Balaban J connectivity index is 3.62. The minimum absolute atomic E-state index is 0.0624. The van der Waals surface area contributed by atoms with Gasteiger partial charge in [0.25, 0.3) is 0 Å². The standard InChI is InChI=1S/C6H13BrFNO2S/c1-2-5-12(10,11)6-3-4-9(7)8/h2-6H2,1H3. The van der Waals surface area contributed by atoms with Crippen LogP contribution in [-0.2, 0) is 9.84 Å². The van der Waals surface area contributed by atoms with Crippen molar-refractivity contribution in [1.82, 2.24) is 4.15 Å². The van der Waals surface area contributed by atoms with Crippen LogP contribution in [0.4, 0.5) is 4.48 Å². The van der Waals surface area contributed by atoms with Crippen molar-refractivity contribution in [3.63, 3.8) is 0 Å². The quantitative estimate of drug-likeness (QED) is 0.684. The van der Waals surface area contributed by atoms with Crippen molar-refractivity contribution in [3.8, 4) is 0 Å². The Kier molecular flexibility index (Phi) is 6.04. The molecule has 0 fully saturated rings. The van der Waals surface area contributed by atoms with Gasteiger partial charge in [-0.1, -0.05) is 11.1 Å². The molecule has 0 aromatic carbocycles. The Labute approximate surface area is 81.1 Å². The van der Waals surface area contributed by atoms with Crippen LogP contribution >= 0.6 is 16.1 Å². The fourth-order valence-corrected chi connectivity index (χ4v) is 2.46. The Morgan fingerprint density at radius 2 is 2.00 bits per heavy atom. The van der Waals surface area contributed by atoms with Gasteiger partial charge in [0.05, 0.1) is 5.75 Å². The van der Waals surface area contributed by atoms with Gasteiger partial charge in [-0.25, -0.2) is 8.42 Å². The maximum absolute atomic E-state index is 12.0. The first-order valence-electron chi connectivity index (χ1n) is 3.77. The predicted molar refractivity (Wildman–Crippen MR) is 50.3 cm³/mol. The maximum Gasteiger partial charge on any atom is 0.150 e. The molecule has 0 saturated carbocycles. The van der Waals surface area contributed by atoms with E-state index < -0.39 is 9.84 Å². The van der Waals surface area contributed by atoms with E-state index in [1.54, 1.807) is 0 Å². The molecule has 0 atom stereocenters. The predicted octanol–water partition coefficient (Wildman–Crippen LogP) is 1.70. The van der Waals surface area contributed by atoms with Crippen molar-refractivity contribution in [2.75, 3.05) is 18.1 Å². The van der Waals surface area contributed by atoms with Crippen LogP contribution in [-0.4, -0.2) is 30.6 Å². The highest BCUT2D eigenvalue weighted by Crippen LogP contribution is 2.02. The number of hydrogen-bond donors (Lipinski definition) is 0. The summed E-state index contributed by atoms with van der Waals surface area (Å²) < 4.78 is 34.4. The molecule has 74 valence electrons. The Hall–Kier alpha value is 0.320. The van der Waals surface area contributed by atoms with Gasteiger partial charge >= 0.3 is 0 Å². The van der Waals surface area contributed by atoms with Gasteiger partial charge in [-0.15, -0.1) is 4.48 Å². The summed E-state index contributed by atoms with van der Waals surface area (Å²) in [5, 5.41) is 0. The zero-order valence-electron chi connectivity index (χ0n) is 6.96. The van der Waals surface area contributed by atoms with Gasteiger partial charge < -0.3 is 0 Å². The second kappa shape index (κ2) is 5.88. The average Bonchev–Trinajstić information content (AvgIpc) is 1.85. The molecular formula is C6H13BrFNO2S. The van der Waals surface area contributed by atoms with E-state index in [4.69, 9.17) is 0 Å². The third-order valence-electron chi connectivity index (χ3n) is 1.30. The van der Waals surface area contributed by atoms with Crippen LogP contribution in [0, 0.1) is 0 Å². The molecule has 0 spiro atoms. The van der Waals surface area contributed by atoms with Crippen LogP contribution in [0.1, 0.15) is 19.8 Å². The molecule has 0 unspecified atom stereocenters. The summed E-state index contributed by atoms with van der Waals surface area (Å²) in [6, 6.07) is 0. The fourth-order valence-electron chi connectivity index (χ4n) is 0.817. The average molecular weight is 262 g/mol. The molecule has 0 N–H and O–H groups in total. The second-order valence-electron chi connectivity index (χ2n) is 2.53. The summed E-state index contributed by atoms with van der Waals surface area (Å²) in [5.74, 6) is 0.258. The number of nitrogens with zero attached hydrogens (tertiary/aromatic N) is 1. The molecule has 0 rings (SSSR count). The van der Waals surface area contributed by atoms with Gasteiger partial charge in [0.15, 0.2) is 0 Å². The van der Waals surface area contributed by atoms with Gasteiger partial charge in [-0.05, 0) is 12.8 Å². The zero-order chi connectivity index (χ0) is 9.61. The molecule has 6 heteroatoms. The molecule has 0 aliphatic heterocycles. The van der Waals surface area contributed by atoms with Crippen molar-refractivity contribution in [2.45, 2.75) is 19.8 Å². The van der Waals surface area contributed by atoms with E-state index in [0.29, 0.717) is 17.0 Å². The lowest BCUT2D eigenvalue weighted by Crippen LogP contribution is -2.14. The van der Waals surface area contributed by atoms with Crippen molar-refractivity contribution in [1.29, 1.82) is 0 Å². The van der Waals surface area contributed by atoms with E-state index in [-0.39, 0.29) is 18.1 Å². The Morgan fingerprint density at radius 1 is 1.42 bits per heavy atom. The largest absolute Gasteiger partial charge is 0.229 e. The molecule has 0 aromatic rings. The number of halogens is 2. The lowest BCUT2D eigenvalue weighted by atomic mass is 10.5. The minimum atomic E-state index is -2.94. The van der Waals surface area contributed by atoms with E-state index in [1.165, 1.54) is 0 Å². The minimum Gasteiger partial charge on any atom is -0.229 e. The van der Waals surface area contributed by atoms with Crippen LogP contribution in [0.3, 0.4) is 0 Å². The lowest BCUT2D eigenvalue weighted by molar-refractivity contribution is 0.172. The molecule has 0 aromatic heterocycles. The summed E-state index contributed by atoms with van der Waals surface area (Å²) in [5.41, 5.74) is 0. The summed E-state index contributed by atoms with van der Waals surface area (Å²) in [7, 11) is -2.94. The number of hydrogen-bond acceptors (Lipinski definition) is 3. The van der Waals surface area contributed by atoms with Crippen molar-refractivity contribution in [3.05, 3.63) is 0 Å². The van der Waals surface area contributed by atoms with Crippen LogP contribution in [0.25, 0.3) is 0 Å². The monoisotopic (exact) mass is 261 g/mol. The van der Waals surface area contributed by atoms with Crippen molar-refractivity contribution in [2.24, 2.45) is 0 Å². The van der Waals surface area contributed by atoms with Crippen LogP contribution in [0.5, 0.6) is 0 Å². The fraction of sp³-hybridized carbons (Fsp3) is 1.00. The Morgan fingerprint density at radius 3 is 2.42 bits per heavy atom. The zero-order valence-corrected chi connectivity index (χ0v) is 9.37. The summed E-state index contributed by atoms with van der Waals surface area (Å²) in [4.78, 5) is 0. The van der Waals surface area contributed by atoms with E-state index in [0.717, 1.165) is 0 Å². The molecule has 0 aliphatic carbocycles. The summed E-state index contributed by atoms with van der Waals surface area (Å²) in [6.45, 7) is 1.91. The van der Waals surface area contributed by atoms with E-state index in [9.17, 15) is 12.9 Å². The van der Waals surface area contributed by atoms with Gasteiger partial charge in [-0.2, -0.15) is 0 Å². The van der Waals surface area contributed by atoms with Crippen molar-refractivity contribution < 1.29 is 12.9 Å². The van der Waals surface area contributed by atoms with Crippen LogP contribution in [0.2, 0.25) is 0 Å². The Bertz CT molecular complexity index is 206. The third-order valence-corrected chi connectivity index (χ3v) is 3.59. The van der Waals surface area contributed by atoms with E-state index in [2.05, 4.69) is 16.1 Å². The molecule has 0 radical (unpaired) electrons. The molecule has 0 heterocycles. The smallest absolute Gasteiger partial charge is 0.150 e. The van der Waals surface area contributed by atoms with Gasteiger partial charge in [-0.3, -0.25) is 0 Å². The first-order chi connectivity index (χ1) is 5.48. The molecule has 0 aliphatic rings. The summed E-state index contributed by atoms with van der Waals surface area (Å²) >= 11 is 2.55. The van der Waals surface area contributed by atoms with Gasteiger partial charge in [0, 0.05) is 28.4 Å². The van der Waals surface area contributed by atoms with Gasteiger partial charge in [0.2, 0.25) is 0 Å². The summed E-state index contributed by atoms with van der Waals surface area (Å²) in [6.07, 6.45) is 0.945. The maximum atomic E-state index is 12.0. The SMILES string of the molecule is CCCS(=O)(=O)CCCN(F)Br. The van der Waals surface area contributed by atoms with E-state index in [1.807, 2.05) is 6.92 Å². The highest BCUT2D eigenvalue weighted by atomic mass is 79.9. The van der Waals surface area contributed by atoms with Crippen molar-refractivity contribution >= 4 is 26.0 Å². The molecule has 0 saturated heterocycles. The first kappa shape index (κ1) is 12.3. The molecular weight excluding hydrogens is 249 g/mol. The number of rotatable bonds is 6. The second-order valence-corrected chi connectivity index (χ2v) is 5.61. The number of sulfone groups is 1. The highest BCUT2D eigenvalue weighted by molar-refractivity contribution is 9.07. The van der Waals surface area contributed by atoms with Crippen LogP contribution in [0.15, 0.2) is 0 Å². The molecule has 12 heavy (non-hydrogen) atoms. The third kappa shape index (κ3) is 7.00.